The molecule has 198 valence electrons. The number of piperidine rings is 1. The molecule has 0 saturated carbocycles. The highest BCUT2D eigenvalue weighted by molar-refractivity contribution is 7.92. The maximum Gasteiger partial charge on any atom is 0.264 e. The van der Waals surface area contributed by atoms with Crippen molar-refractivity contribution in [3.8, 4) is 5.75 Å². The van der Waals surface area contributed by atoms with Gasteiger partial charge in [-0.15, -0.1) is 0 Å². The van der Waals surface area contributed by atoms with Crippen LogP contribution in [0.5, 0.6) is 5.75 Å². The largest absolute Gasteiger partial charge is 0.493 e. The molecule has 0 aliphatic carbocycles. The lowest BCUT2D eigenvalue weighted by molar-refractivity contribution is 0.204. The maximum atomic E-state index is 14.9. The van der Waals surface area contributed by atoms with Crippen molar-refractivity contribution in [3.63, 3.8) is 0 Å². The minimum absolute atomic E-state index is 0.0859. The molecule has 0 amide bonds. The molecule has 0 spiro atoms. The second kappa shape index (κ2) is 12.2. The molecule has 0 bridgehead atoms. The van der Waals surface area contributed by atoms with Gasteiger partial charge in [0.25, 0.3) is 10.0 Å². The molecule has 0 radical (unpaired) electrons. The Kier molecular flexibility index (Phi) is 9.05. The molecule has 4 rings (SSSR count). The van der Waals surface area contributed by atoms with Gasteiger partial charge < -0.3 is 9.64 Å². The minimum atomic E-state index is -4.27. The molecule has 1 saturated heterocycles. The standard InChI is InChI=1S/C28H31ClF2N2O3S/c1-21-6-13-28(36-17-5-16-32-14-3-2-4-15-32)22(18-21)20-33(27-19-24(30)9-12-26(27)31)37(34,35)25-10-7-23(29)8-11-25/h6-13,18-19H,2-5,14-17,20H2,1H3. The fraction of sp³-hybridized carbons (Fsp3) is 0.357. The van der Waals surface area contributed by atoms with Crippen molar-refractivity contribution >= 4 is 27.3 Å². The number of sulfonamides is 1. The Morgan fingerprint density at radius 2 is 1.70 bits per heavy atom. The molecule has 3 aromatic rings. The van der Waals surface area contributed by atoms with Gasteiger partial charge in [-0.1, -0.05) is 35.7 Å². The highest BCUT2D eigenvalue weighted by Crippen LogP contribution is 2.32. The zero-order valence-corrected chi connectivity index (χ0v) is 22.4. The number of hydrogen-bond acceptors (Lipinski definition) is 4. The normalized spacial score (nSPS) is 14.5. The van der Waals surface area contributed by atoms with Crippen LogP contribution in [0.15, 0.2) is 65.6 Å². The summed E-state index contributed by atoms with van der Waals surface area (Å²) in [6.45, 7) is 5.25. The Morgan fingerprint density at radius 1 is 0.973 bits per heavy atom. The fourth-order valence-electron chi connectivity index (χ4n) is 4.49. The van der Waals surface area contributed by atoms with E-state index in [1.165, 1.54) is 43.5 Å². The lowest BCUT2D eigenvalue weighted by Gasteiger charge is -2.27. The van der Waals surface area contributed by atoms with Crippen LogP contribution in [0.25, 0.3) is 0 Å². The first-order valence-electron chi connectivity index (χ1n) is 12.4. The number of halogens is 3. The second-order valence-electron chi connectivity index (χ2n) is 9.28. The van der Waals surface area contributed by atoms with Crippen LogP contribution in [0.3, 0.4) is 0 Å². The van der Waals surface area contributed by atoms with Crippen LogP contribution in [0.1, 0.15) is 36.8 Å². The Hall–Kier alpha value is -2.68. The minimum Gasteiger partial charge on any atom is -0.493 e. The van der Waals surface area contributed by atoms with E-state index in [1.54, 1.807) is 6.07 Å². The van der Waals surface area contributed by atoms with Gasteiger partial charge in [0, 0.05) is 23.2 Å². The number of aryl methyl sites for hydroxylation is 1. The van der Waals surface area contributed by atoms with Crippen molar-refractivity contribution < 1.29 is 21.9 Å². The molecule has 1 aliphatic rings. The van der Waals surface area contributed by atoms with Gasteiger partial charge in [-0.2, -0.15) is 0 Å². The van der Waals surface area contributed by atoms with Gasteiger partial charge in [0.1, 0.15) is 17.4 Å². The molecular weight excluding hydrogens is 518 g/mol. The van der Waals surface area contributed by atoms with E-state index in [9.17, 15) is 17.2 Å². The molecule has 0 aromatic heterocycles. The first-order chi connectivity index (χ1) is 17.7. The summed E-state index contributed by atoms with van der Waals surface area (Å²) in [4.78, 5) is 2.34. The Morgan fingerprint density at radius 3 is 2.43 bits per heavy atom. The van der Waals surface area contributed by atoms with Crippen LogP contribution in [0.4, 0.5) is 14.5 Å². The lowest BCUT2D eigenvalue weighted by Crippen LogP contribution is -2.32. The van der Waals surface area contributed by atoms with Gasteiger partial charge in [-0.25, -0.2) is 17.2 Å². The average Bonchev–Trinajstić information content (AvgIpc) is 2.88. The van der Waals surface area contributed by atoms with Gasteiger partial charge in [-0.05, 0) is 81.7 Å². The van der Waals surface area contributed by atoms with Gasteiger partial charge >= 0.3 is 0 Å². The van der Waals surface area contributed by atoms with Gasteiger partial charge in [0.15, 0.2) is 0 Å². The van der Waals surface area contributed by atoms with Crippen molar-refractivity contribution in [2.24, 2.45) is 0 Å². The number of ether oxygens (including phenoxy) is 1. The third kappa shape index (κ3) is 7.00. The number of nitrogens with zero attached hydrogens (tertiary/aromatic N) is 2. The molecule has 1 aliphatic heterocycles. The molecule has 0 unspecified atom stereocenters. The topological polar surface area (TPSA) is 49.9 Å². The third-order valence-corrected chi connectivity index (χ3v) is 8.46. The van der Waals surface area contributed by atoms with Crippen LogP contribution in [0.2, 0.25) is 5.02 Å². The summed E-state index contributed by atoms with van der Waals surface area (Å²) in [6, 6.07) is 13.8. The maximum absolute atomic E-state index is 14.9. The molecule has 1 fully saturated rings. The van der Waals surface area contributed by atoms with Crippen LogP contribution in [-0.4, -0.2) is 39.6 Å². The van der Waals surface area contributed by atoms with Crippen molar-refractivity contribution in [2.75, 3.05) is 30.5 Å². The van der Waals surface area contributed by atoms with Crippen LogP contribution < -0.4 is 9.04 Å². The SMILES string of the molecule is Cc1ccc(OCCCN2CCCCC2)c(CN(c2cc(F)ccc2F)S(=O)(=O)c2ccc(Cl)cc2)c1. The van der Waals surface area contributed by atoms with Crippen molar-refractivity contribution in [3.05, 3.63) is 88.4 Å². The van der Waals surface area contributed by atoms with E-state index in [2.05, 4.69) is 4.90 Å². The average molecular weight is 549 g/mol. The smallest absolute Gasteiger partial charge is 0.264 e. The molecule has 3 aromatic carbocycles. The molecular formula is C28H31ClF2N2O3S. The summed E-state index contributed by atoms with van der Waals surface area (Å²) in [5, 5.41) is 0.362. The molecule has 37 heavy (non-hydrogen) atoms. The number of anilines is 1. The molecule has 0 N–H and O–H groups in total. The van der Waals surface area contributed by atoms with Crippen LogP contribution in [0, 0.1) is 18.6 Å². The fourth-order valence-corrected chi connectivity index (χ4v) is 6.06. The van der Waals surface area contributed by atoms with Crippen molar-refractivity contribution in [1.29, 1.82) is 0 Å². The van der Waals surface area contributed by atoms with Crippen LogP contribution >= 0.6 is 11.6 Å². The van der Waals surface area contributed by atoms with E-state index in [-0.39, 0.29) is 17.1 Å². The van der Waals surface area contributed by atoms with Gasteiger partial charge in [0.05, 0.1) is 23.7 Å². The van der Waals surface area contributed by atoms with Gasteiger partial charge in [0.2, 0.25) is 0 Å². The lowest BCUT2D eigenvalue weighted by atomic mass is 10.1. The summed E-state index contributed by atoms with van der Waals surface area (Å²) in [6.07, 6.45) is 4.55. The van der Waals surface area contributed by atoms with Gasteiger partial charge in [-0.3, -0.25) is 4.31 Å². The predicted molar refractivity (Wildman–Crippen MR) is 143 cm³/mol. The van der Waals surface area contributed by atoms with E-state index in [0.717, 1.165) is 54.1 Å². The monoisotopic (exact) mass is 548 g/mol. The second-order valence-corrected chi connectivity index (χ2v) is 11.6. The summed E-state index contributed by atoms with van der Waals surface area (Å²) < 4.78 is 63.4. The molecule has 5 nitrogen and oxygen atoms in total. The number of benzene rings is 3. The highest BCUT2D eigenvalue weighted by Gasteiger charge is 2.29. The number of hydrogen-bond donors (Lipinski definition) is 0. The molecule has 9 heteroatoms. The number of rotatable bonds is 10. The van der Waals surface area contributed by atoms with E-state index < -0.39 is 21.7 Å². The van der Waals surface area contributed by atoms with Crippen LogP contribution in [-0.2, 0) is 16.6 Å². The number of likely N-dealkylation sites (tertiary alicyclic amines) is 1. The first-order valence-corrected chi connectivity index (χ1v) is 14.2. The summed E-state index contributed by atoms with van der Waals surface area (Å²) in [5.41, 5.74) is 1.06. The molecule has 0 atom stereocenters. The van der Waals surface area contributed by atoms with E-state index >= 15 is 0 Å². The summed E-state index contributed by atoms with van der Waals surface area (Å²) in [7, 11) is -4.27. The van der Waals surface area contributed by atoms with Crippen molar-refractivity contribution in [1.82, 2.24) is 4.90 Å². The van der Waals surface area contributed by atoms with E-state index in [0.29, 0.717) is 22.9 Å². The predicted octanol–water partition coefficient (Wildman–Crippen LogP) is 6.58. The van der Waals surface area contributed by atoms with E-state index in [1.807, 2.05) is 19.1 Å². The zero-order chi connectivity index (χ0) is 26.4. The highest BCUT2D eigenvalue weighted by atomic mass is 35.5. The third-order valence-electron chi connectivity index (χ3n) is 6.43. The van der Waals surface area contributed by atoms with E-state index in [4.69, 9.17) is 16.3 Å². The Bertz CT molecular complexity index is 1310. The summed E-state index contributed by atoms with van der Waals surface area (Å²) in [5.74, 6) is -1.08. The Labute approximate surface area is 222 Å². The summed E-state index contributed by atoms with van der Waals surface area (Å²) >= 11 is 5.94. The molecule has 1 heterocycles. The zero-order valence-electron chi connectivity index (χ0n) is 20.8. The first kappa shape index (κ1) is 27.4. The van der Waals surface area contributed by atoms with Crippen molar-refractivity contribution in [2.45, 2.75) is 44.0 Å². The Balaban J connectivity index is 1.62. The quantitative estimate of drug-likeness (QED) is 0.269.